The highest BCUT2D eigenvalue weighted by Gasteiger charge is 2.12. The van der Waals surface area contributed by atoms with Crippen molar-refractivity contribution in [2.75, 3.05) is 0 Å². The van der Waals surface area contributed by atoms with Gasteiger partial charge in [-0.3, -0.25) is 9.59 Å². The number of hydrazone groups is 1. The van der Waals surface area contributed by atoms with Gasteiger partial charge in [0.15, 0.2) is 0 Å². The molecule has 25 heavy (non-hydrogen) atoms. The average Bonchev–Trinajstić information content (AvgIpc) is 2.60. The van der Waals surface area contributed by atoms with Crippen LogP contribution in [0.1, 0.15) is 28.4 Å². The van der Waals surface area contributed by atoms with Crippen LogP contribution in [0.25, 0.3) is 11.0 Å². The molecule has 2 aromatic heterocycles. The van der Waals surface area contributed by atoms with Crippen molar-refractivity contribution in [3.05, 3.63) is 69.6 Å². The molecule has 0 radical (unpaired) electrons. The van der Waals surface area contributed by atoms with Gasteiger partial charge in [-0.2, -0.15) is 5.10 Å². The van der Waals surface area contributed by atoms with E-state index >= 15 is 0 Å². The van der Waals surface area contributed by atoms with E-state index in [-0.39, 0.29) is 11.3 Å². The Bertz CT molecular complexity index is 1050. The van der Waals surface area contributed by atoms with Crippen LogP contribution in [-0.4, -0.2) is 26.7 Å². The van der Waals surface area contributed by atoms with Gasteiger partial charge in [0, 0.05) is 17.1 Å². The van der Waals surface area contributed by atoms with E-state index in [9.17, 15) is 14.7 Å². The number of nitrogens with one attached hydrogen (secondary N) is 2. The number of fused-ring (bicyclic) bond motifs is 1. The van der Waals surface area contributed by atoms with Crippen LogP contribution in [0.2, 0.25) is 0 Å². The molecule has 2 heterocycles. The third-order valence-corrected chi connectivity index (χ3v) is 3.73. The van der Waals surface area contributed by atoms with Gasteiger partial charge in [-0.1, -0.05) is 11.6 Å². The summed E-state index contributed by atoms with van der Waals surface area (Å²) in [5.74, 6) is -0.575. The van der Waals surface area contributed by atoms with E-state index in [1.54, 1.807) is 43.5 Å². The molecule has 7 heteroatoms. The summed E-state index contributed by atoms with van der Waals surface area (Å²) in [5.41, 5.74) is 4.03. The quantitative estimate of drug-likeness (QED) is 0.503. The minimum atomic E-state index is -0.640. The predicted octanol–water partition coefficient (Wildman–Crippen LogP) is 2.09. The number of phenols is 1. The van der Waals surface area contributed by atoms with Crippen LogP contribution < -0.4 is 11.0 Å². The molecule has 0 fully saturated rings. The first-order chi connectivity index (χ1) is 12.0. The fourth-order valence-corrected chi connectivity index (χ4v) is 2.40. The highest BCUT2D eigenvalue weighted by Crippen LogP contribution is 2.18. The number of rotatable bonds is 3. The second-order valence-electron chi connectivity index (χ2n) is 5.61. The fourth-order valence-electron chi connectivity index (χ4n) is 2.40. The van der Waals surface area contributed by atoms with Crippen LogP contribution in [-0.2, 0) is 0 Å². The van der Waals surface area contributed by atoms with Gasteiger partial charge in [-0.15, -0.1) is 0 Å². The standard InChI is InChI=1S/C18H16N4O3/c1-10-5-6-15(23)13(8-10)11(2)21-22-18(25)14-9-12-4-3-7-19-16(12)20-17(14)24/h3-9,23H,1-2H3,(H,22,25)(H,19,20,24)/b21-11+. The molecular weight excluding hydrogens is 320 g/mol. The Labute approximate surface area is 143 Å². The molecule has 0 bridgehead atoms. The zero-order chi connectivity index (χ0) is 18.0. The van der Waals surface area contributed by atoms with Gasteiger partial charge >= 0.3 is 0 Å². The zero-order valence-electron chi connectivity index (χ0n) is 13.7. The van der Waals surface area contributed by atoms with Crippen molar-refractivity contribution in [3.63, 3.8) is 0 Å². The van der Waals surface area contributed by atoms with Crippen LogP contribution in [0.4, 0.5) is 0 Å². The monoisotopic (exact) mass is 336 g/mol. The summed E-state index contributed by atoms with van der Waals surface area (Å²) in [6, 6.07) is 10.0. The maximum Gasteiger partial charge on any atom is 0.276 e. The van der Waals surface area contributed by atoms with Crippen molar-refractivity contribution >= 4 is 22.7 Å². The van der Waals surface area contributed by atoms with E-state index in [0.717, 1.165) is 5.56 Å². The number of aromatic amines is 1. The molecule has 7 nitrogen and oxygen atoms in total. The Kier molecular flexibility index (Phi) is 4.30. The number of aryl methyl sites for hydroxylation is 1. The summed E-state index contributed by atoms with van der Waals surface area (Å²) >= 11 is 0. The Hall–Kier alpha value is -3.48. The number of carbonyl (C=O) groups is 1. The summed E-state index contributed by atoms with van der Waals surface area (Å²) in [7, 11) is 0. The molecule has 1 aromatic carbocycles. The second kappa shape index (κ2) is 6.56. The topological polar surface area (TPSA) is 107 Å². The number of amides is 1. The van der Waals surface area contributed by atoms with Gasteiger partial charge in [-0.25, -0.2) is 10.4 Å². The first-order valence-corrected chi connectivity index (χ1v) is 7.58. The summed E-state index contributed by atoms with van der Waals surface area (Å²) in [5, 5.41) is 14.5. The third kappa shape index (κ3) is 3.40. The molecule has 3 aromatic rings. The second-order valence-corrected chi connectivity index (χ2v) is 5.61. The molecule has 3 rings (SSSR count). The number of pyridine rings is 2. The Morgan fingerprint density at radius 3 is 2.84 bits per heavy atom. The van der Waals surface area contributed by atoms with E-state index in [4.69, 9.17) is 0 Å². The number of phenolic OH excluding ortho intramolecular Hbond substituents is 1. The van der Waals surface area contributed by atoms with E-state index in [2.05, 4.69) is 20.5 Å². The molecular formula is C18H16N4O3. The lowest BCUT2D eigenvalue weighted by Crippen LogP contribution is -2.27. The van der Waals surface area contributed by atoms with Crippen molar-refractivity contribution in [3.8, 4) is 5.75 Å². The molecule has 0 spiro atoms. The van der Waals surface area contributed by atoms with Gasteiger partial charge in [0.2, 0.25) is 0 Å². The van der Waals surface area contributed by atoms with Gasteiger partial charge in [0.1, 0.15) is 17.0 Å². The highest BCUT2D eigenvalue weighted by atomic mass is 16.3. The van der Waals surface area contributed by atoms with Crippen molar-refractivity contribution in [2.24, 2.45) is 5.10 Å². The Balaban J connectivity index is 1.88. The number of hydrogen-bond acceptors (Lipinski definition) is 5. The number of H-pyrrole nitrogens is 1. The largest absolute Gasteiger partial charge is 0.507 e. The van der Waals surface area contributed by atoms with E-state index in [0.29, 0.717) is 22.3 Å². The molecule has 1 amide bonds. The number of aromatic hydroxyl groups is 1. The van der Waals surface area contributed by atoms with Crippen LogP contribution in [0.3, 0.4) is 0 Å². The molecule has 0 saturated heterocycles. The number of benzene rings is 1. The summed E-state index contributed by atoms with van der Waals surface area (Å²) < 4.78 is 0. The minimum Gasteiger partial charge on any atom is -0.507 e. The molecule has 0 aliphatic rings. The first-order valence-electron chi connectivity index (χ1n) is 7.58. The van der Waals surface area contributed by atoms with Crippen LogP contribution in [0, 0.1) is 6.92 Å². The normalized spacial score (nSPS) is 11.5. The minimum absolute atomic E-state index is 0.0643. The fraction of sp³-hybridized carbons (Fsp3) is 0.111. The Morgan fingerprint density at radius 2 is 2.04 bits per heavy atom. The van der Waals surface area contributed by atoms with Crippen molar-refractivity contribution in [1.29, 1.82) is 0 Å². The molecule has 0 aliphatic heterocycles. The van der Waals surface area contributed by atoms with E-state index < -0.39 is 11.5 Å². The SMILES string of the molecule is C/C(=N\NC(=O)c1cc2cccnc2[nH]c1=O)c1cc(C)ccc1O. The van der Waals surface area contributed by atoms with Crippen molar-refractivity contribution in [2.45, 2.75) is 13.8 Å². The van der Waals surface area contributed by atoms with Gasteiger partial charge in [-0.05, 0) is 44.2 Å². The highest BCUT2D eigenvalue weighted by molar-refractivity contribution is 6.03. The first kappa shape index (κ1) is 16.4. The summed E-state index contributed by atoms with van der Waals surface area (Å²) in [6.07, 6.45) is 1.56. The molecule has 0 aliphatic carbocycles. The molecule has 0 saturated carbocycles. The number of hydrogen-bond donors (Lipinski definition) is 3. The van der Waals surface area contributed by atoms with Crippen LogP contribution in [0.15, 0.2) is 52.5 Å². The summed E-state index contributed by atoms with van der Waals surface area (Å²) in [4.78, 5) is 30.9. The molecule has 3 N–H and O–H groups in total. The third-order valence-electron chi connectivity index (χ3n) is 3.73. The molecule has 126 valence electrons. The van der Waals surface area contributed by atoms with Crippen LogP contribution in [0.5, 0.6) is 5.75 Å². The maximum atomic E-state index is 12.3. The zero-order valence-corrected chi connectivity index (χ0v) is 13.7. The smallest absolute Gasteiger partial charge is 0.276 e. The number of carbonyl (C=O) groups excluding carboxylic acids is 1. The van der Waals surface area contributed by atoms with Crippen molar-refractivity contribution in [1.82, 2.24) is 15.4 Å². The van der Waals surface area contributed by atoms with Gasteiger partial charge < -0.3 is 10.1 Å². The average molecular weight is 336 g/mol. The lowest BCUT2D eigenvalue weighted by atomic mass is 10.1. The number of aromatic nitrogens is 2. The van der Waals surface area contributed by atoms with Gasteiger partial charge in [0.25, 0.3) is 11.5 Å². The van der Waals surface area contributed by atoms with Crippen molar-refractivity contribution < 1.29 is 9.90 Å². The van der Waals surface area contributed by atoms with E-state index in [1.165, 1.54) is 6.07 Å². The number of nitrogens with zero attached hydrogens (tertiary/aromatic N) is 2. The predicted molar refractivity (Wildman–Crippen MR) is 94.9 cm³/mol. The lowest BCUT2D eigenvalue weighted by molar-refractivity contribution is 0.0953. The van der Waals surface area contributed by atoms with Gasteiger partial charge in [0.05, 0.1) is 5.71 Å². The van der Waals surface area contributed by atoms with Crippen LogP contribution >= 0.6 is 0 Å². The molecule has 0 atom stereocenters. The summed E-state index contributed by atoms with van der Waals surface area (Å²) in [6.45, 7) is 3.54. The Morgan fingerprint density at radius 1 is 1.24 bits per heavy atom. The lowest BCUT2D eigenvalue weighted by Gasteiger charge is -2.06. The molecule has 0 unspecified atom stereocenters. The van der Waals surface area contributed by atoms with E-state index in [1.807, 2.05) is 6.92 Å². The maximum absolute atomic E-state index is 12.3.